The number of fused-ring (bicyclic) bond motifs is 1. The summed E-state index contributed by atoms with van der Waals surface area (Å²) in [6.07, 6.45) is 7.93. The standard InChI is InChI=1S/C21H24N2O4/c24-21(16-8-9-17-19(13-16)26-12-11-25-17)23-20-18(7-4-10-22-20)27-14-15-5-2-1-3-6-15/h4,7-10,13,15H,1-3,5-6,11-12,14H2,(H,22,23,24). The molecule has 1 aliphatic carbocycles. The van der Waals surface area contributed by atoms with Crippen molar-refractivity contribution in [3.05, 3.63) is 42.1 Å². The molecule has 0 radical (unpaired) electrons. The molecule has 6 nitrogen and oxygen atoms in total. The molecule has 6 heteroatoms. The number of benzene rings is 1. The maximum Gasteiger partial charge on any atom is 0.257 e. The summed E-state index contributed by atoms with van der Waals surface area (Å²) in [5.41, 5.74) is 0.489. The van der Waals surface area contributed by atoms with Gasteiger partial charge in [-0.3, -0.25) is 4.79 Å². The molecule has 1 amide bonds. The second kappa shape index (κ2) is 8.29. The monoisotopic (exact) mass is 368 g/mol. The first-order chi connectivity index (χ1) is 13.3. The molecule has 0 bridgehead atoms. The molecule has 2 aromatic rings. The molecule has 0 unspecified atom stereocenters. The van der Waals surface area contributed by atoms with E-state index in [0.29, 0.717) is 54.4 Å². The first-order valence-electron chi connectivity index (χ1n) is 9.58. The van der Waals surface area contributed by atoms with Gasteiger partial charge in [0.15, 0.2) is 23.1 Å². The summed E-state index contributed by atoms with van der Waals surface area (Å²) < 4.78 is 17.0. The number of hydrogen-bond acceptors (Lipinski definition) is 5. The van der Waals surface area contributed by atoms with Crippen molar-refractivity contribution < 1.29 is 19.0 Å². The van der Waals surface area contributed by atoms with Crippen molar-refractivity contribution in [1.82, 2.24) is 4.98 Å². The predicted molar refractivity (Wildman–Crippen MR) is 102 cm³/mol. The third-order valence-electron chi connectivity index (χ3n) is 5.01. The van der Waals surface area contributed by atoms with Crippen LogP contribution in [0.5, 0.6) is 17.2 Å². The average molecular weight is 368 g/mol. The third kappa shape index (κ3) is 4.32. The lowest BCUT2D eigenvalue weighted by molar-refractivity contribution is 0.102. The topological polar surface area (TPSA) is 69.7 Å². The fraction of sp³-hybridized carbons (Fsp3) is 0.429. The Morgan fingerprint density at radius 3 is 2.78 bits per heavy atom. The Bertz CT molecular complexity index is 803. The maximum absolute atomic E-state index is 12.7. The van der Waals surface area contributed by atoms with E-state index in [-0.39, 0.29) is 5.91 Å². The van der Waals surface area contributed by atoms with Gasteiger partial charge in [0.2, 0.25) is 0 Å². The van der Waals surface area contributed by atoms with Crippen molar-refractivity contribution in [3.63, 3.8) is 0 Å². The van der Waals surface area contributed by atoms with Crippen LogP contribution in [-0.2, 0) is 0 Å². The van der Waals surface area contributed by atoms with Crippen molar-refractivity contribution in [2.24, 2.45) is 5.92 Å². The summed E-state index contributed by atoms with van der Waals surface area (Å²) in [4.78, 5) is 16.9. The van der Waals surface area contributed by atoms with E-state index in [1.54, 1.807) is 24.4 Å². The van der Waals surface area contributed by atoms with Gasteiger partial charge in [-0.1, -0.05) is 19.3 Å². The molecule has 0 spiro atoms. The van der Waals surface area contributed by atoms with Crippen LogP contribution in [0.4, 0.5) is 5.82 Å². The number of amides is 1. The molecule has 142 valence electrons. The van der Waals surface area contributed by atoms with Crippen LogP contribution >= 0.6 is 0 Å². The first kappa shape index (κ1) is 17.6. The number of aromatic nitrogens is 1. The highest BCUT2D eigenvalue weighted by Gasteiger charge is 2.18. The summed E-state index contributed by atoms with van der Waals surface area (Å²) in [5.74, 6) is 2.62. The quantitative estimate of drug-likeness (QED) is 0.862. The highest BCUT2D eigenvalue weighted by molar-refractivity contribution is 6.04. The molecule has 1 saturated carbocycles. The second-order valence-corrected chi connectivity index (χ2v) is 6.98. The summed E-state index contributed by atoms with van der Waals surface area (Å²) in [5, 5.41) is 2.85. The molecule has 4 rings (SSSR count). The van der Waals surface area contributed by atoms with E-state index in [1.807, 2.05) is 12.1 Å². The smallest absolute Gasteiger partial charge is 0.257 e. The number of carbonyl (C=O) groups excluding carboxylic acids is 1. The van der Waals surface area contributed by atoms with Crippen molar-refractivity contribution in [1.29, 1.82) is 0 Å². The highest BCUT2D eigenvalue weighted by atomic mass is 16.6. The lowest BCUT2D eigenvalue weighted by atomic mass is 9.90. The normalized spacial score (nSPS) is 16.6. The predicted octanol–water partition coefficient (Wildman–Crippen LogP) is 4.06. The van der Waals surface area contributed by atoms with E-state index in [9.17, 15) is 4.79 Å². The van der Waals surface area contributed by atoms with Gasteiger partial charge in [0, 0.05) is 11.8 Å². The number of rotatable bonds is 5. The minimum Gasteiger partial charge on any atom is -0.489 e. The van der Waals surface area contributed by atoms with Gasteiger partial charge in [-0.05, 0) is 49.1 Å². The van der Waals surface area contributed by atoms with Crippen molar-refractivity contribution in [3.8, 4) is 17.2 Å². The molecule has 2 aliphatic rings. The molecule has 1 fully saturated rings. The molecule has 2 heterocycles. The summed E-state index contributed by atoms with van der Waals surface area (Å²) in [6.45, 7) is 1.67. The molecule has 1 N–H and O–H groups in total. The van der Waals surface area contributed by atoms with Gasteiger partial charge < -0.3 is 19.5 Å². The van der Waals surface area contributed by atoms with Crippen molar-refractivity contribution >= 4 is 11.7 Å². The largest absolute Gasteiger partial charge is 0.489 e. The fourth-order valence-electron chi connectivity index (χ4n) is 3.53. The molecular formula is C21H24N2O4. The van der Waals surface area contributed by atoms with E-state index >= 15 is 0 Å². The van der Waals surface area contributed by atoms with Crippen molar-refractivity contribution in [2.45, 2.75) is 32.1 Å². The summed E-state index contributed by atoms with van der Waals surface area (Å²) >= 11 is 0. The van der Waals surface area contributed by atoms with Crippen LogP contribution in [0.1, 0.15) is 42.5 Å². The highest BCUT2D eigenvalue weighted by Crippen LogP contribution is 2.31. The lowest BCUT2D eigenvalue weighted by Gasteiger charge is -2.22. The molecular weight excluding hydrogens is 344 g/mol. The summed E-state index contributed by atoms with van der Waals surface area (Å²) in [6, 6.07) is 8.82. The molecule has 1 aromatic heterocycles. The Balaban J connectivity index is 1.43. The fourth-order valence-corrected chi connectivity index (χ4v) is 3.53. The maximum atomic E-state index is 12.7. The van der Waals surface area contributed by atoms with Crippen molar-refractivity contribution in [2.75, 3.05) is 25.1 Å². The second-order valence-electron chi connectivity index (χ2n) is 6.98. The zero-order chi connectivity index (χ0) is 18.5. The van der Waals surface area contributed by atoms with Gasteiger partial charge in [-0.2, -0.15) is 0 Å². The van der Waals surface area contributed by atoms with Crippen LogP contribution in [0, 0.1) is 5.92 Å². The van der Waals surface area contributed by atoms with E-state index < -0.39 is 0 Å². The Morgan fingerprint density at radius 1 is 1.11 bits per heavy atom. The Kier molecular flexibility index (Phi) is 5.42. The van der Waals surface area contributed by atoms with E-state index in [2.05, 4.69) is 10.3 Å². The zero-order valence-electron chi connectivity index (χ0n) is 15.3. The number of carbonyl (C=O) groups is 1. The zero-order valence-corrected chi connectivity index (χ0v) is 15.3. The van der Waals surface area contributed by atoms with E-state index in [0.717, 1.165) is 0 Å². The van der Waals surface area contributed by atoms with Crippen LogP contribution in [0.15, 0.2) is 36.5 Å². The molecule has 27 heavy (non-hydrogen) atoms. The molecule has 0 saturated heterocycles. The Hall–Kier alpha value is -2.76. The number of nitrogens with one attached hydrogen (secondary N) is 1. The Morgan fingerprint density at radius 2 is 1.93 bits per heavy atom. The number of anilines is 1. The van der Waals surface area contributed by atoms with Gasteiger partial charge >= 0.3 is 0 Å². The van der Waals surface area contributed by atoms with Crippen LogP contribution in [0.3, 0.4) is 0 Å². The number of hydrogen-bond donors (Lipinski definition) is 1. The SMILES string of the molecule is O=C(Nc1ncccc1OCC1CCCCC1)c1ccc2c(c1)OCCO2. The number of pyridine rings is 1. The lowest BCUT2D eigenvalue weighted by Crippen LogP contribution is -2.19. The van der Waals surface area contributed by atoms with Gasteiger partial charge in [-0.15, -0.1) is 0 Å². The van der Waals surface area contributed by atoms with Crippen LogP contribution in [0.25, 0.3) is 0 Å². The number of ether oxygens (including phenoxy) is 3. The van der Waals surface area contributed by atoms with Crippen LogP contribution in [-0.4, -0.2) is 30.7 Å². The van der Waals surface area contributed by atoms with Gasteiger partial charge in [0.25, 0.3) is 5.91 Å². The van der Waals surface area contributed by atoms with E-state index in [4.69, 9.17) is 14.2 Å². The number of nitrogens with zero attached hydrogens (tertiary/aromatic N) is 1. The van der Waals surface area contributed by atoms with Crippen LogP contribution in [0.2, 0.25) is 0 Å². The van der Waals surface area contributed by atoms with E-state index in [1.165, 1.54) is 32.1 Å². The van der Waals surface area contributed by atoms with Gasteiger partial charge in [-0.25, -0.2) is 4.98 Å². The third-order valence-corrected chi connectivity index (χ3v) is 5.01. The first-order valence-corrected chi connectivity index (χ1v) is 9.58. The minimum absolute atomic E-state index is 0.256. The molecule has 1 aromatic carbocycles. The van der Waals surface area contributed by atoms with Gasteiger partial charge in [0.1, 0.15) is 13.2 Å². The minimum atomic E-state index is -0.256. The Labute approximate surface area is 158 Å². The van der Waals surface area contributed by atoms with Gasteiger partial charge in [0.05, 0.1) is 6.61 Å². The van der Waals surface area contributed by atoms with Crippen LogP contribution < -0.4 is 19.5 Å². The summed E-state index contributed by atoms with van der Waals surface area (Å²) in [7, 11) is 0. The molecule has 0 atom stereocenters. The average Bonchev–Trinajstić information content (AvgIpc) is 2.73. The molecule has 1 aliphatic heterocycles.